The zero-order valence-electron chi connectivity index (χ0n) is 10.9. The molecule has 0 saturated heterocycles. The van der Waals surface area contributed by atoms with Crippen LogP contribution in [0.3, 0.4) is 0 Å². The Morgan fingerprint density at radius 1 is 1.29 bits per heavy atom. The minimum absolute atomic E-state index is 0.160. The second-order valence-corrected chi connectivity index (χ2v) is 5.02. The Kier molecular flexibility index (Phi) is 4.54. The first-order valence-electron chi connectivity index (χ1n) is 6.85. The molecule has 1 atom stereocenters. The number of rotatable bonds is 5. The number of hydrogen-bond acceptors (Lipinski definition) is 4. The van der Waals surface area contributed by atoms with E-state index in [1.807, 2.05) is 0 Å². The monoisotopic (exact) mass is 237 g/mol. The summed E-state index contributed by atoms with van der Waals surface area (Å²) in [6, 6.07) is 0.160. The van der Waals surface area contributed by atoms with Crippen molar-refractivity contribution >= 4 is 0 Å². The summed E-state index contributed by atoms with van der Waals surface area (Å²) in [6.45, 7) is 5.05. The molecule has 1 heterocycles. The van der Waals surface area contributed by atoms with E-state index in [0.29, 0.717) is 0 Å². The Bertz CT molecular complexity index is 331. The first kappa shape index (κ1) is 12.6. The summed E-state index contributed by atoms with van der Waals surface area (Å²) in [6.07, 6.45) is 7.72. The average Bonchev–Trinajstić information content (AvgIpc) is 2.79. The van der Waals surface area contributed by atoms with Crippen molar-refractivity contribution in [3.63, 3.8) is 0 Å². The van der Waals surface area contributed by atoms with Crippen molar-refractivity contribution in [1.82, 2.24) is 15.5 Å². The lowest BCUT2D eigenvalue weighted by Gasteiger charge is -2.19. The molecule has 1 N–H and O–H groups in total. The Hall–Kier alpha value is -0.900. The SMILES string of the molecule is CCNC(C)c1nnc(CC2CCCCC2)o1. The van der Waals surface area contributed by atoms with E-state index in [2.05, 4.69) is 29.4 Å². The molecule has 1 fully saturated rings. The van der Waals surface area contributed by atoms with Crippen molar-refractivity contribution in [3.8, 4) is 0 Å². The van der Waals surface area contributed by atoms with Gasteiger partial charge < -0.3 is 9.73 Å². The van der Waals surface area contributed by atoms with Crippen molar-refractivity contribution in [3.05, 3.63) is 11.8 Å². The highest BCUT2D eigenvalue weighted by atomic mass is 16.4. The highest BCUT2D eigenvalue weighted by molar-refractivity contribution is 4.89. The predicted molar refractivity (Wildman–Crippen MR) is 66.7 cm³/mol. The molecule has 96 valence electrons. The second-order valence-electron chi connectivity index (χ2n) is 5.02. The lowest BCUT2D eigenvalue weighted by molar-refractivity contribution is 0.318. The normalized spacial score (nSPS) is 19.4. The minimum atomic E-state index is 0.160. The van der Waals surface area contributed by atoms with E-state index in [4.69, 9.17) is 4.42 Å². The molecule has 1 aliphatic rings. The molecule has 1 aromatic rings. The van der Waals surface area contributed by atoms with Gasteiger partial charge in [0.15, 0.2) is 0 Å². The van der Waals surface area contributed by atoms with Gasteiger partial charge >= 0.3 is 0 Å². The summed E-state index contributed by atoms with van der Waals surface area (Å²) >= 11 is 0. The van der Waals surface area contributed by atoms with Gasteiger partial charge in [-0.1, -0.05) is 26.2 Å². The fourth-order valence-electron chi connectivity index (χ4n) is 2.56. The average molecular weight is 237 g/mol. The molecule has 0 amide bonds. The van der Waals surface area contributed by atoms with Gasteiger partial charge in [-0.3, -0.25) is 0 Å². The summed E-state index contributed by atoms with van der Waals surface area (Å²) in [5.74, 6) is 2.29. The Balaban J connectivity index is 1.88. The Morgan fingerprint density at radius 3 is 2.76 bits per heavy atom. The summed E-state index contributed by atoms with van der Waals surface area (Å²) in [4.78, 5) is 0. The van der Waals surface area contributed by atoms with Gasteiger partial charge in [0.05, 0.1) is 6.04 Å². The van der Waals surface area contributed by atoms with Crippen LogP contribution in [0.2, 0.25) is 0 Å². The van der Waals surface area contributed by atoms with Crippen LogP contribution in [0.4, 0.5) is 0 Å². The van der Waals surface area contributed by atoms with E-state index >= 15 is 0 Å². The van der Waals surface area contributed by atoms with Crippen LogP contribution in [0, 0.1) is 5.92 Å². The number of nitrogens with one attached hydrogen (secondary N) is 1. The number of aromatic nitrogens is 2. The molecule has 2 rings (SSSR count). The third kappa shape index (κ3) is 3.53. The lowest BCUT2D eigenvalue weighted by Crippen LogP contribution is -2.17. The number of hydrogen-bond donors (Lipinski definition) is 1. The highest BCUT2D eigenvalue weighted by Gasteiger charge is 2.18. The maximum atomic E-state index is 5.72. The van der Waals surface area contributed by atoms with Crippen LogP contribution in [0.1, 0.15) is 63.8 Å². The van der Waals surface area contributed by atoms with Crippen molar-refractivity contribution in [1.29, 1.82) is 0 Å². The molecule has 0 aliphatic heterocycles. The van der Waals surface area contributed by atoms with E-state index in [1.165, 1.54) is 32.1 Å². The van der Waals surface area contributed by atoms with Crippen LogP contribution in [-0.4, -0.2) is 16.7 Å². The van der Waals surface area contributed by atoms with Crippen molar-refractivity contribution in [2.45, 2.75) is 58.4 Å². The van der Waals surface area contributed by atoms with Gasteiger partial charge in [-0.2, -0.15) is 0 Å². The molecule has 4 nitrogen and oxygen atoms in total. The summed E-state index contributed by atoms with van der Waals surface area (Å²) in [7, 11) is 0. The van der Waals surface area contributed by atoms with Crippen LogP contribution in [0.15, 0.2) is 4.42 Å². The first-order chi connectivity index (χ1) is 8.29. The molecule has 17 heavy (non-hydrogen) atoms. The van der Waals surface area contributed by atoms with Gasteiger partial charge in [0, 0.05) is 6.42 Å². The van der Waals surface area contributed by atoms with Crippen LogP contribution in [0.25, 0.3) is 0 Å². The molecular weight excluding hydrogens is 214 g/mol. The minimum Gasteiger partial charge on any atom is -0.424 e. The molecule has 1 saturated carbocycles. The molecule has 4 heteroatoms. The van der Waals surface area contributed by atoms with Crippen molar-refractivity contribution in [2.24, 2.45) is 5.92 Å². The van der Waals surface area contributed by atoms with Crippen molar-refractivity contribution < 1.29 is 4.42 Å². The zero-order chi connectivity index (χ0) is 12.1. The fourth-order valence-corrected chi connectivity index (χ4v) is 2.56. The maximum absolute atomic E-state index is 5.72. The summed E-state index contributed by atoms with van der Waals surface area (Å²) in [5, 5.41) is 11.6. The number of nitrogens with zero attached hydrogens (tertiary/aromatic N) is 2. The van der Waals surface area contributed by atoms with Gasteiger partial charge in [-0.15, -0.1) is 10.2 Å². The summed E-state index contributed by atoms with van der Waals surface area (Å²) < 4.78 is 5.72. The Morgan fingerprint density at radius 2 is 2.06 bits per heavy atom. The standard InChI is InChI=1S/C13H23N3O/c1-3-14-10(2)13-16-15-12(17-13)9-11-7-5-4-6-8-11/h10-11,14H,3-9H2,1-2H3. The molecule has 1 aliphatic carbocycles. The largest absolute Gasteiger partial charge is 0.424 e. The zero-order valence-corrected chi connectivity index (χ0v) is 10.9. The molecular formula is C13H23N3O. The van der Waals surface area contributed by atoms with Gasteiger partial charge in [0.25, 0.3) is 0 Å². The van der Waals surface area contributed by atoms with Crippen LogP contribution in [0.5, 0.6) is 0 Å². The van der Waals surface area contributed by atoms with E-state index < -0.39 is 0 Å². The molecule has 0 aromatic carbocycles. The maximum Gasteiger partial charge on any atom is 0.233 e. The van der Waals surface area contributed by atoms with Crippen molar-refractivity contribution in [2.75, 3.05) is 6.54 Å². The fraction of sp³-hybridized carbons (Fsp3) is 0.846. The van der Waals surface area contributed by atoms with E-state index in [0.717, 1.165) is 30.7 Å². The van der Waals surface area contributed by atoms with E-state index in [1.54, 1.807) is 0 Å². The topological polar surface area (TPSA) is 51.0 Å². The van der Waals surface area contributed by atoms with E-state index in [-0.39, 0.29) is 6.04 Å². The Labute approximate surface area is 103 Å². The van der Waals surface area contributed by atoms with Gasteiger partial charge in [-0.25, -0.2) is 0 Å². The molecule has 0 bridgehead atoms. The summed E-state index contributed by atoms with van der Waals surface area (Å²) in [5.41, 5.74) is 0. The lowest BCUT2D eigenvalue weighted by atomic mass is 9.87. The van der Waals surface area contributed by atoms with Crippen LogP contribution < -0.4 is 5.32 Å². The molecule has 1 unspecified atom stereocenters. The van der Waals surface area contributed by atoms with Gasteiger partial charge in [0.1, 0.15) is 0 Å². The predicted octanol–water partition coefficient (Wildman–Crippen LogP) is 2.86. The van der Waals surface area contributed by atoms with Crippen LogP contribution in [-0.2, 0) is 6.42 Å². The molecule has 0 spiro atoms. The smallest absolute Gasteiger partial charge is 0.233 e. The highest BCUT2D eigenvalue weighted by Crippen LogP contribution is 2.26. The van der Waals surface area contributed by atoms with Gasteiger partial charge in [-0.05, 0) is 32.2 Å². The van der Waals surface area contributed by atoms with Crippen LogP contribution >= 0.6 is 0 Å². The third-order valence-corrected chi connectivity index (χ3v) is 3.55. The van der Waals surface area contributed by atoms with E-state index in [9.17, 15) is 0 Å². The quantitative estimate of drug-likeness (QED) is 0.855. The van der Waals surface area contributed by atoms with Gasteiger partial charge in [0.2, 0.25) is 11.8 Å². The molecule has 1 aromatic heterocycles. The first-order valence-corrected chi connectivity index (χ1v) is 6.85. The second kappa shape index (κ2) is 6.15. The molecule has 0 radical (unpaired) electrons. The third-order valence-electron chi connectivity index (χ3n) is 3.55.